The number of hydrogen-bond donors (Lipinski definition) is 0. The van der Waals surface area contributed by atoms with Gasteiger partial charge >= 0.3 is 0 Å². The summed E-state index contributed by atoms with van der Waals surface area (Å²) in [5.74, 6) is -0.377. The van der Waals surface area contributed by atoms with Gasteiger partial charge in [0.05, 0.1) is 11.2 Å². The van der Waals surface area contributed by atoms with Crippen LogP contribution in [0.1, 0.15) is 22.3 Å². The zero-order valence-electron chi connectivity index (χ0n) is 15.0. The molecule has 134 valence electrons. The molecule has 0 spiro atoms. The third-order valence-corrected chi connectivity index (χ3v) is 6.10. The number of aliphatic imine (C=N–C) groups is 1. The lowest BCUT2D eigenvalue weighted by atomic mass is 9.90. The van der Waals surface area contributed by atoms with Crippen molar-refractivity contribution in [3.05, 3.63) is 102 Å². The molecule has 1 aliphatic rings. The van der Waals surface area contributed by atoms with E-state index in [9.17, 15) is 4.79 Å². The maximum absolute atomic E-state index is 13.1. The van der Waals surface area contributed by atoms with Gasteiger partial charge in [-0.1, -0.05) is 90.6 Å². The zero-order valence-corrected chi connectivity index (χ0v) is 15.8. The Morgan fingerprint density at radius 1 is 0.778 bits per heavy atom. The Kier molecular flexibility index (Phi) is 5.07. The molecule has 0 saturated heterocycles. The summed E-state index contributed by atoms with van der Waals surface area (Å²) in [6.07, 6.45) is 0. The number of amidine groups is 1. The molecule has 0 saturated carbocycles. The fourth-order valence-electron chi connectivity index (χ4n) is 3.30. The molecule has 0 radical (unpaired) electrons. The van der Waals surface area contributed by atoms with Gasteiger partial charge in [0.2, 0.25) is 0 Å². The lowest BCUT2D eigenvalue weighted by molar-refractivity contribution is -0.119. The molecule has 27 heavy (non-hydrogen) atoms. The van der Waals surface area contributed by atoms with Crippen LogP contribution < -0.4 is 4.90 Å². The lowest BCUT2D eigenvalue weighted by Crippen LogP contribution is -2.32. The minimum atomic E-state index is -0.286. The monoisotopic (exact) mass is 372 g/mol. The van der Waals surface area contributed by atoms with Gasteiger partial charge in [-0.05, 0) is 23.3 Å². The summed E-state index contributed by atoms with van der Waals surface area (Å²) >= 11 is 1.65. The molecule has 1 heterocycles. The van der Waals surface area contributed by atoms with Crippen molar-refractivity contribution in [3.8, 4) is 0 Å². The van der Waals surface area contributed by atoms with Crippen LogP contribution in [-0.2, 0) is 4.79 Å². The van der Waals surface area contributed by atoms with Gasteiger partial charge in [0.25, 0.3) is 5.91 Å². The molecule has 0 bridgehead atoms. The van der Waals surface area contributed by atoms with E-state index in [0.29, 0.717) is 0 Å². The molecule has 0 aromatic heterocycles. The summed E-state index contributed by atoms with van der Waals surface area (Å²) in [5, 5.41) is 0.715. The quantitative estimate of drug-likeness (QED) is 0.627. The van der Waals surface area contributed by atoms with E-state index in [1.165, 1.54) is 0 Å². The maximum atomic E-state index is 13.1. The van der Waals surface area contributed by atoms with E-state index in [1.54, 1.807) is 11.8 Å². The number of thioether (sulfide) groups is 1. The highest BCUT2D eigenvalue weighted by Crippen LogP contribution is 2.46. The second-order valence-corrected chi connectivity index (χ2v) is 7.57. The molecule has 3 aromatic rings. The third kappa shape index (κ3) is 3.67. The van der Waals surface area contributed by atoms with Crippen LogP contribution >= 0.6 is 11.8 Å². The highest BCUT2D eigenvalue weighted by molar-refractivity contribution is 8.14. The minimum absolute atomic E-state index is 0.0141. The molecule has 0 fully saturated rings. The van der Waals surface area contributed by atoms with Crippen molar-refractivity contribution >= 4 is 28.5 Å². The van der Waals surface area contributed by atoms with Gasteiger partial charge < -0.3 is 4.90 Å². The lowest BCUT2D eigenvalue weighted by Gasteiger charge is -2.32. The van der Waals surface area contributed by atoms with Gasteiger partial charge in [-0.15, -0.1) is 0 Å². The van der Waals surface area contributed by atoms with Crippen molar-refractivity contribution < 1.29 is 4.79 Å². The predicted octanol–water partition coefficient (Wildman–Crippen LogP) is 5.28. The highest BCUT2D eigenvalue weighted by Gasteiger charge is 2.37. The maximum Gasteiger partial charge on any atom is 0.257 e. The molecule has 1 aliphatic heterocycles. The summed E-state index contributed by atoms with van der Waals surface area (Å²) < 4.78 is 0. The van der Waals surface area contributed by atoms with Gasteiger partial charge in [-0.2, -0.15) is 4.99 Å². The molecule has 1 amide bonds. The molecule has 0 unspecified atom stereocenters. The third-order valence-electron chi connectivity index (χ3n) is 4.72. The Bertz CT molecular complexity index is 942. The summed E-state index contributed by atoms with van der Waals surface area (Å²) in [4.78, 5) is 19.5. The topological polar surface area (TPSA) is 32.7 Å². The molecule has 0 N–H and O–H groups in total. The molecule has 4 rings (SSSR count). The van der Waals surface area contributed by atoms with Gasteiger partial charge in [0.1, 0.15) is 0 Å². The van der Waals surface area contributed by atoms with Crippen LogP contribution in [-0.4, -0.2) is 18.1 Å². The van der Waals surface area contributed by atoms with E-state index in [0.717, 1.165) is 22.0 Å². The van der Waals surface area contributed by atoms with Crippen LogP contribution in [0.15, 0.2) is 96.0 Å². The fourth-order valence-corrected chi connectivity index (χ4v) is 4.63. The Balaban J connectivity index is 1.75. The molecular formula is C23H20N2OS. The normalized spacial score (nSPS) is 19.4. The smallest absolute Gasteiger partial charge is 0.257 e. The Morgan fingerprint density at radius 2 is 1.30 bits per heavy atom. The second-order valence-electron chi connectivity index (χ2n) is 6.46. The van der Waals surface area contributed by atoms with Crippen LogP contribution in [0.5, 0.6) is 0 Å². The molecule has 3 nitrogen and oxygen atoms in total. The van der Waals surface area contributed by atoms with Crippen LogP contribution in [0.2, 0.25) is 0 Å². The minimum Gasteiger partial charge on any atom is -0.324 e. The van der Waals surface area contributed by atoms with Crippen LogP contribution in [0.3, 0.4) is 0 Å². The average Bonchev–Trinajstić information content (AvgIpc) is 2.74. The van der Waals surface area contributed by atoms with Gasteiger partial charge in [0.15, 0.2) is 5.17 Å². The number of carbonyl (C=O) groups is 1. The number of para-hydroxylation sites is 1. The first-order valence-corrected chi connectivity index (χ1v) is 9.80. The summed E-state index contributed by atoms with van der Waals surface area (Å²) in [5.41, 5.74) is 3.16. The Morgan fingerprint density at radius 3 is 1.89 bits per heavy atom. The Labute approximate surface area is 163 Å². The van der Waals surface area contributed by atoms with Crippen LogP contribution in [0.25, 0.3) is 0 Å². The molecule has 3 aromatic carbocycles. The average molecular weight is 372 g/mol. The summed E-state index contributed by atoms with van der Waals surface area (Å²) in [7, 11) is 1.96. The first kappa shape index (κ1) is 17.6. The number of nitrogens with zero attached hydrogens (tertiary/aromatic N) is 2. The predicted molar refractivity (Wildman–Crippen MR) is 113 cm³/mol. The summed E-state index contributed by atoms with van der Waals surface area (Å²) in [6.45, 7) is 0. The Hall–Kier alpha value is -2.85. The number of carbonyl (C=O) groups excluding carboxylic acids is 1. The highest BCUT2D eigenvalue weighted by atomic mass is 32.2. The summed E-state index contributed by atoms with van der Waals surface area (Å²) in [6, 6.07) is 30.2. The van der Waals surface area contributed by atoms with E-state index >= 15 is 0 Å². The number of amides is 1. The zero-order chi connectivity index (χ0) is 18.6. The fraction of sp³-hybridized carbons (Fsp3) is 0.130. The van der Waals surface area contributed by atoms with Gasteiger partial charge in [-0.25, -0.2) is 0 Å². The van der Waals surface area contributed by atoms with E-state index in [1.807, 2.05) is 90.8 Å². The van der Waals surface area contributed by atoms with Crippen molar-refractivity contribution in [2.24, 2.45) is 4.99 Å². The SMILES string of the molecule is CN(C1=NC(=O)[C@@H](c2ccccc2)[C@H](c2ccccc2)S1)c1ccccc1. The van der Waals surface area contributed by atoms with Gasteiger partial charge in [0, 0.05) is 12.7 Å². The number of anilines is 1. The van der Waals surface area contributed by atoms with E-state index in [-0.39, 0.29) is 17.1 Å². The first-order valence-electron chi connectivity index (χ1n) is 8.92. The van der Waals surface area contributed by atoms with E-state index in [2.05, 4.69) is 17.1 Å². The number of benzene rings is 3. The molecule has 4 heteroatoms. The van der Waals surface area contributed by atoms with Crippen molar-refractivity contribution in [2.75, 3.05) is 11.9 Å². The molecule has 2 atom stereocenters. The largest absolute Gasteiger partial charge is 0.324 e. The van der Waals surface area contributed by atoms with Crippen molar-refractivity contribution in [1.82, 2.24) is 0 Å². The molecular weight excluding hydrogens is 352 g/mol. The van der Waals surface area contributed by atoms with Crippen molar-refractivity contribution in [2.45, 2.75) is 11.2 Å². The first-order chi connectivity index (χ1) is 13.2. The number of rotatable bonds is 3. The van der Waals surface area contributed by atoms with Gasteiger partial charge in [-0.3, -0.25) is 4.79 Å². The second kappa shape index (κ2) is 7.80. The van der Waals surface area contributed by atoms with Crippen molar-refractivity contribution in [1.29, 1.82) is 0 Å². The van der Waals surface area contributed by atoms with E-state index < -0.39 is 0 Å². The molecule has 0 aliphatic carbocycles. The number of hydrogen-bond acceptors (Lipinski definition) is 3. The van der Waals surface area contributed by atoms with Crippen molar-refractivity contribution in [3.63, 3.8) is 0 Å². The van der Waals surface area contributed by atoms with Crippen LogP contribution in [0.4, 0.5) is 5.69 Å². The van der Waals surface area contributed by atoms with Crippen LogP contribution in [0, 0.1) is 0 Å². The standard InChI is InChI=1S/C23H20N2OS/c1-25(19-15-9-4-10-16-19)23-24-22(26)20(17-11-5-2-6-12-17)21(27-23)18-13-7-3-8-14-18/h2-16,20-21H,1H3/t20-,21-/m0/s1. The van der Waals surface area contributed by atoms with E-state index in [4.69, 9.17) is 0 Å².